The highest BCUT2D eigenvalue weighted by Crippen LogP contribution is 2.23. The minimum atomic E-state index is -1.06. The molecule has 0 amide bonds. The minimum Gasteiger partial charge on any atom is -0.493 e. The van der Waals surface area contributed by atoms with Crippen molar-refractivity contribution in [2.45, 2.75) is 4.90 Å². The number of aromatic carboxylic acids is 1. The molecule has 0 aromatic heterocycles. The molecule has 104 valence electrons. The van der Waals surface area contributed by atoms with Gasteiger partial charge in [0.25, 0.3) is 0 Å². The molecule has 2 rings (SSSR count). The van der Waals surface area contributed by atoms with Crippen molar-refractivity contribution in [1.82, 2.24) is 0 Å². The molecule has 0 spiro atoms. The largest absolute Gasteiger partial charge is 0.493 e. The quantitative estimate of drug-likeness (QED) is 0.641. The first-order valence-electron chi connectivity index (χ1n) is 6.00. The van der Waals surface area contributed by atoms with Gasteiger partial charge in [-0.25, -0.2) is 4.79 Å². The standard InChI is InChI=1S/C15H13ClO3S/c16-14-7-6-11(10-13(14)15(17)18)19-8-9-20-12-4-2-1-3-5-12/h1-7,10H,8-9H2,(H,17,18). The molecule has 0 heterocycles. The van der Waals surface area contributed by atoms with Crippen LogP contribution in [0.15, 0.2) is 53.4 Å². The Balaban J connectivity index is 1.85. The van der Waals surface area contributed by atoms with Gasteiger partial charge in [0.1, 0.15) is 5.75 Å². The summed E-state index contributed by atoms with van der Waals surface area (Å²) in [6.45, 7) is 0.500. The summed E-state index contributed by atoms with van der Waals surface area (Å²) in [5, 5.41) is 9.18. The SMILES string of the molecule is O=C(O)c1cc(OCCSc2ccccc2)ccc1Cl. The van der Waals surface area contributed by atoms with Crippen molar-refractivity contribution in [3.05, 3.63) is 59.1 Å². The van der Waals surface area contributed by atoms with Gasteiger partial charge in [0, 0.05) is 10.6 Å². The van der Waals surface area contributed by atoms with E-state index in [1.54, 1.807) is 17.8 Å². The molecule has 0 fully saturated rings. The van der Waals surface area contributed by atoms with E-state index in [9.17, 15) is 4.79 Å². The number of thioether (sulfide) groups is 1. The van der Waals surface area contributed by atoms with Crippen molar-refractivity contribution in [2.75, 3.05) is 12.4 Å². The fourth-order valence-electron chi connectivity index (χ4n) is 1.59. The molecule has 2 aromatic carbocycles. The van der Waals surface area contributed by atoms with Crippen molar-refractivity contribution in [3.8, 4) is 5.75 Å². The fraction of sp³-hybridized carbons (Fsp3) is 0.133. The van der Waals surface area contributed by atoms with Gasteiger partial charge in [-0.2, -0.15) is 0 Å². The van der Waals surface area contributed by atoms with E-state index < -0.39 is 5.97 Å². The third-order valence-electron chi connectivity index (χ3n) is 2.53. The predicted octanol–water partition coefficient (Wildman–Crippen LogP) is 4.21. The van der Waals surface area contributed by atoms with Crippen LogP contribution < -0.4 is 4.74 Å². The van der Waals surface area contributed by atoms with Crippen LogP contribution in [-0.2, 0) is 0 Å². The van der Waals surface area contributed by atoms with Crippen molar-refractivity contribution in [3.63, 3.8) is 0 Å². The molecule has 3 nitrogen and oxygen atoms in total. The summed E-state index contributed by atoms with van der Waals surface area (Å²) in [5.74, 6) is 0.245. The maximum atomic E-state index is 10.9. The molecule has 0 saturated heterocycles. The van der Waals surface area contributed by atoms with E-state index in [0.29, 0.717) is 12.4 Å². The van der Waals surface area contributed by atoms with Crippen molar-refractivity contribution in [2.24, 2.45) is 0 Å². The van der Waals surface area contributed by atoms with E-state index in [1.165, 1.54) is 17.0 Å². The van der Waals surface area contributed by atoms with Crippen molar-refractivity contribution >= 4 is 29.3 Å². The molecule has 2 aromatic rings. The van der Waals surface area contributed by atoms with Gasteiger partial charge in [0.2, 0.25) is 0 Å². The molecule has 0 bridgehead atoms. The molecule has 20 heavy (non-hydrogen) atoms. The van der Waals surface area contributed by atoms with E-state index in [1.807, 2.05) is 30.3 Å². The van der Waals surface area contributed by atoms with Crippen LogP contribution in [0.3, 0.4) is 0 Å². The topological polar surface area (TPSA) is 46.5 Å². The molecule has 0 saturated carbocycles. The number of carboxylic acid groups (broad SMARTS) is 1. The van der Waals surface area contributed by atoms with Gasteiger partial charge in [0.15, 0.2) is 0 Å². The smallest absolute Gasteiger partial charge is 0.337 e. The second-order valence-electron chi connectivity index (χ2n) is 3.96. The number of carboxylic acids is 1. The Labute approximate surface area is 126 Å². The first kappa shape index (κ1) is 14.8. The van der Waals surface area contributed by atoms with E-state index in [4.69, 9.17) is 21.4 Å². The van der Waals surface area contributed by atoms with Gasteiger partial charge in [-0.3, -0.25) is 0 Å². The number of ether oxygens (including phenoxy) is 1. The fourth-order valence-corrected chi connectivity index (χ4v) is 2.54. The van der Waals surface area contributed by atoms with Crippen LogP contribution in [0.25, 0.3) is 0 Å². The number of rotatable bonds is 6. The number of benzene rings is 2. The highest BCUT2D eigenvalue weighted by molar-refractivity contribution is 7.99. The third kappa shape index (κ3) is 4.18. The monoisotopic (exact) mass is 308 g/mol. The van der Waals surface area contributed by atoms with Crippen LogP contribution in [0, 0.1) is 0 Å². The highest BCUT2D eigenvalue weighted by atomic mass is 35.5. The van der Waals surface area contributed by atoms with Crippen LogP contribution in [0.2, 0.25) is 5.02 Å². The normalized spacial score (nSPS) is 10.2. The summed E-state index contributed by atoms with van der Waals surface area (Å²) in [4.78, 5) is 12.1. The molecule has 0 unspecified atom stereocenters. The first-order valence-corrected chi connectivity index (χ1v) is 7.36. The average molecular weight is 309 g/mol. The van der Waals surface area contributed by atoms with Crippen LogP contribution in [-0.4, -0.2) is 23.4 Å². The number of carbonyl (C=O) groups is 1. The zero-order valence-electron chi connectivity index (χ0n) is 10.6. The molecule has 0 aliphatic heterocycles. The highest BCUT2D eigenvalue weighted by Gasteiger charge is 2.09. The lowest BCUT2D eigenvalue weighted by Gasteiger charge is -2.07. The lowest BCUT2D eigenvalue weighted by molar-refractivity contribution is 0.0696. The summed E-state index contributed by atoms with van der Waals surface area (Å²) < 4.78 is 5.53. The van der Waals surface area contributed by atoms with Gasteiger partial charge in [-0.15, -0.1) is 11.8 Å². The number of halogens is 1. The summed E-state index contributed by atoms with van der Waals surface area (Å²) in [6, 6.07) is 14.7. The lowest BCUT2D eigenvalue weighted by atomic mass is 10.2. The molecule has 0 radical (unpaired) electrons. The Morgan fingerprint density at radius 1 is 1.20 bits per heavy atom. The Hall–Kier alpha value is -1.65. The van der Waals surface area contributed by atoms with Gasteiger partial charge >= 0.3 is 5.97 Å². The van der Waals surface area contributed by atoms with Gasteiger partial charge in [-0.1, -0.05) is 29.8 Å². The molecular formula is C15H13ClO3S. The third-order valence-corrected chi connectivity index (χ3v) is 3.84. The van der Waals surface area contributed by atoms with Crippen LogP contribution >= 0.6 is 23.4 Å². The Bertz CT molecular complexity index is 587. The van der Waals surface area contributed by atoms with E-state index in [2.05, 4.69) is 0 Å². The Morgan fingerprint density at radius 2 is 1.95 bits per heavy atom. The number of hydrogen-bond donors (Lipinski definition) is 1. The van der Waals surface area contributed by atoms with Gasteiger partial charge < -0.3 is 9.84 Å². The Kier molecular flexibility index (Phi) is 5.32. The van der Waals surface area contributed by atoms with Gasteiger partial charge in [-0.05, 0) is 30.3 Å². The molecule has 0 aliphatic rings. The maximum Gasteiger partial charge on any atom is 0.337 e. The molecule has 5 heteroatoms. The van der Waals surface area contributed by atoms with Crippen LogP contribution in [0.5, 0.6) is 5.75 Å². The summed E-state index contributed by atoms with van der Waals surface area (Å²) >= 11 is 7.48. The Morgan fingerprint density at radius 3 is 2.65 bits per heavy atom. The molecule has 0 atom stereocenters. The van der Waals surface area contributed by atoms with Crippen molar-refractivity contribution < 1.29 is 14.6 Å². The van der Waals surface area contributed by atoms with Crippen LogP contribution in [0.1, 0.15) is 10.4 Å². The van der Waals surface area contributed by atoms with Crippen LogP contribution in [0.4, 0.5) is 0 Å². The van der Waals surface area contributed by atoms with E-state index >= 15 is 0 Å². The van der Waals surface area contributed by atoms with Gasteiger partial charge in [0.05, 0.1) is 17.2 Å². The average Bonchev–Trinajstić information content (AvgIpc) is 2.46. The second kappa shape index (κ2) is 7.22. The zero-order chi connectivity index (χ0) is 14.4. The summed E-state index contributed by atoms with van der Waals surface area (Å²) in [5.41, 5.74) is 0.0554. The minimum absolute atomic E-state index is 0.0554. The second-order valence-corrected chi connectivity index (χ2v) is 5.53. The lowest BCUT2D eigenvalue weighted by Crippen LogP contribution is -2.02. The summed E-state index contributed by atoms with van der Waals surface area (Å²) in [6.07, 6.45) is 0. The van der Waals surface area contributed by atoms with Crippen molar-refractivity contribution in [1.29, 1.82) is 0 Å². The number of hydrogen-bond acceptors (Lipinski definition) is 3. The summed E-state index contributed by atoms with van der Waals surface area (Å²) in [7, 11) is 0. The van der Waals surface area contributed by atoms with E-state index in [0.717, 1.165) is 5.75 Å². The first-order chi connectivity index (χ1) is 9.66. The zero-order valence-corrected chi connectivity index (χ0v) is 12.2. The van der Waals surface area contributed by atoms with E-state index in [-0.39, 0.29) is 10.6 Å². The predicted molar refractivity (Wildman–Crippen MR) is 81.1 cm³/mol. The molecule has 1 N–H and O–H groups in total. The maximum absolute atomic E-state index is 10.9. The molecular weight excluding hydrogens is 296 g/mol. The molecule has 0 aliphatic carbocycles.